The molecule has 0 spiro atoms. The summed E-state index contributed by atoms with van der Waals surface area (Å²) in [5, 5.41) is 0. The predicted octanol–water partition coefficient (Wildman–Crippen LogP) is 2.74. The number of carbonyl (C=O) groups is 1. The number of thiocarbonyl (C=S) groups is 1. The van der Waals surface area contributed by atoms with E-state index in [2.05, 4.69) is 0 Å². The molecule has 4 heteroatoms. The van der Waals surface area contributed by atoms with Crippen molar-refractivity contribution in [1.82, 2.24) is 0 Å². The number of fused-ring (bicyclic) bond motifs is 1. The Kier molecular flexibility index (Phi) is 3.74. The third kappa shape index (κ3) is 2.85. The van der Waals surface area contributed by atoms with Crippen LogP contribution in [0.3, 0.4) is 0 Å². The van der Waals surface area contributed by atoms with Gasteiger partial charge in [0.05, 0.1) is 4.99 Å². The summed E-state index contributed by atoms with van der Waals surface area (Å²) in [5.41, 5.74) is 6.55. The van der Waals surface area contributed by atoms with Gasteiger partial charge < -0.3 is 10.6 Å². The molecule has 2 aliphatic rings. The van der Waals surface area contributed by atoms with Gasteiger partial charge in [0, 0.05) is 24.6 Å². The topological polar surface area (TPSA) is 46.3 Å². The molecule has 2 N–H and O–H groups in total. The first-order chi connectivity index (χ1) is 9.65. The van der Waals surface area contributed by atoms with Crippen LogP contribution < -0.4 is 10.6 Å². The molecule has 2 saturated carbocycles. The van der Waals surface area contributed by atoms with E-state index in [1.807, 2.05) is 35.2 Å². The lowest BCUT2D eigenvalue weighted by molar-refractivity contribution is -0.122. The van der Waals surface area contributed by atoms with Gasteiger partial charge in [0.1, 0.15) is 0 Å². The number of hydrogen-bond donors (Lipinski definition) is 1. The van der Waals surface area contributed by atoms with Crippen molar-refractivity contribution in [3.05, 3.63) is 30.3 Å². The Bertz CT molecular complexity index is 506. The van der Waals surface area contributed by atoms with Gasteiger partial charge in [-0.05, 0) is 43.2 Å². The highest BCUT2D eigenvalue weighted by atomic mass is 32.1. The molecule has 2 unspecified atom stereocenters. The maximum absolute atomic E-state index is 12.8. The maximum atomic E-state index is 12.8. The first-order valence-corrected chi connectivity index (χ1v) is 7.70. The smallest absolute Gasteiger partial charge is 0.230 e. The zero-order chi connectivity index (χ0) is 14.1. The zero-order valence-electron chi connectivity index (χ0n) is 11.5. The van der Waals surface area contributed by atoms with Crippen LogP contribution >= 0.6 is 12.2 Å². The minimum absolute atomic E-state index is 0.199. The second-order valence-corrected chi connectivity index (χ2v) is 6.49. The van der Waals surface area contributed by atoms with Crippen LogP contribution in [0.5, 0.6) is 0 Å². The SMILES string of the molecule is NC(=S)CCN(C(=O)C1CC2CC2C1)c1ccccc1. The summed E-state index contributed by atoms with van der Waals surface area (Å²) in [6, 6.07) is 9.84. The van der Waals surface area contributed by atoms with Crippen LogP contribution in [0, 0.1) is 17.8 Å². The van der Waals surface area contributed by atoms with E-state index in [1.54, 1.807) is 0 Å². The van der Waals surface area contributed by atoms with E-state index in [4.69, 9.17) is 18.0 Å². The van der Waals surface area contributed by atoms with Crippen molar-refractivity contribution < 1.29 is 4.79 Å². The average molecular weight is 288 g/mol. The molecule has 0 aliphatic heterocycles. The van der Waals surface area contributed by atoms with E-state index in [9.17, 15) is 4.79 Å². The Balaban J connectivity index is 1.73. The number of nitrogens with zero attached hydrogens (tertiary/aromatic N) is 1. The highest BCUT2D eigenvalue weighted by Crippen LogP contribution is 2.54. The lowest BCUT2D eigenvalue weighted by Crippen LogP contribution is -2.37. The van der Waals surface area contributed by atoms with Crippen LogP contribution in [-0.4, -0.2) is 17.4 Å². The Labute approximate surface area is 125 Å². The van der Waals surface area contributed by atoms with Crippen molar-refractivity contribution >= 4 is 28.8 Å². The van der Waals surface area contributed by atoms with Crippen LogP contribution in [-0.2, 0) is 4.79 Å². The third-order valence-electron chi connectivity index (χ3n) is 4.51. The molecule has 0 radical (unpaired) electrons. The molecule has 2 atom stereocenters. The van der Waals surface area contributed by atoms with E-state index in [-0.39, 0.29) is 11.8 Å². The van der Waals surface area contributed by atoms with E-state index in [0.717, 1.165) is 30.4 Å². The number of carbonyl (C=O) groups excluding carboxylic acids is 1. The highest BCUT2D eigenvalue weighted by Gasteiger charge is 2.48. The van der Waals surface area contributed by atoms with Crippen molar-refractivity contribution in [2.75, 3.05) is 11.4 Å². The minimum atomic E-state index is 0.199. The maximum Gasteiger partial charge on any atom is 0.230 e. The first-order valence-electron chi connectivity index (χ1n) is 7.30. The molecule has 1 amide bonds. The molecule has 1 aromatic carbocycles. The average Bonchev–Trinajstić information content (AvgIpc) is 3.06. The predicted molar refractivity (Wildman–Crippen MR) is 84.5 cm³/mol. The Hall–Kier alpha value is -1.42. The number of benzene rings is 1. The monoisotopic (exact) mass is 288 g/mol. The molecule has 2 aliphatic carbocycles. The summed E-state index contributed by atoms with van der Waals surface area (Å²) in [6.07, 6.45) is 4.05. The van der Waals surface area contributed by atoms with Gasteiger partial charge in [0.15, 0.2) is 0 Å². The van der Waals surface area contributed by atoms with Gasteiger partial charge in [0.2, 0.25) is 5.91 Å². The molecule has 3 nitrogen and oxygen atoms in total. The van der Waals surface area contributed by atoms with E-state index < -0.39 is 0 Å². The molecule has 0 bridgehead atoms. The second kappa shape index (κ2) is 5.52. The number of nitrogens with two attached hydrogens (primary N) is 1. The van der Waals surface area contributed by atoms with Gasteiger partial charge in [-0.1, -0.05) is 30.4 Å². The van der Waals surface area contributed by atoms with Crippen molar-refractivity contribution in [3.8, 4) is 0 Å². The molecule has 0 heterocycles. The third-order valence-corrected chi connectivity index (χ3v) is 4.71. The van der Waals surface area contributed by atoms with Gasteiger partial charge in [-0.25, -0.2) is 0 Å². The summed E-state index contributed by atoms with van der Waals surface area (Å²) in [4.78, 5) is 15.1. The van der Waals surface area contributed by atoms with Crippen LogP contribution in [0.4, 0.5) is 5.69 Å². The lowest BCUT2D eigenvalue weighted by Gasteiger charge is -2.26. The van der Waals surface area contributed by atoms with E-state index in [1.165, 1.54) is 6.42 Å². The number of para-hydroxylation sites is 1. The molecular formula is C16H20N2OS. The van der Waals surface area contributed by atoms with Gasteiger partial charge in [-0.3, -0.25) is 4.79 Å². The summed E-state index contributed by atoms with van der Waals surface area (Å²) in [5.74, 6) is 2.08. The Morgan fingerprint density at radius 3 is 2.45 bits per heavy atom. The molecule has 20 heavy (non-hydrogen) atoms. The van der Waals surface area contributed by atoms with Crippen LogP contribution in [0.2, 0.25) is 0 Å². The van der Waals surface area contributed by atoms with E-state index >= 15 is 0 Å². The molecule has 2 fully saturated rings. The lowest BCUT2D eigenvalue weighted by atomic mass is 10.0. The Morgan fingerprint density at radius 2 is 1.85 bits per heavy atom. The van der Waals surface area contributed by atoms with E-state index in [0.29, 0.717) is 18.0 Å². The number of hydrogen-bond acceptors (Lipinski definition) is 2. The van der Waals surface area contributed by atoms with Crippen molar-refractivity contribution in [1.29, 1.82) is 0 Å². The normalized spacial score (nSPS) is 26.9. The quantitative estimate of drug-likeness (QED) is 0.847. The molecular weight excluding hydrogens is 268 g/mol. The first kappa shape index (κ1) is 13.6. The van der Waals surface area contributed by atoms with Gasteiger partial charge >= 0.3 is 0 Å². The van der Waals surface area contributed by atoms with Crippen LogP contribution in [0.25, 0.3) is 0 Å². The highest BCUT2D eigenvalue weighted by molar-refractivity contribution is 7.80. The fourth-order valence-corrected chi connectivity index (χ4v) is 3.42. The van der Waals surface area contributed by atoms with Gasteiger partial charge in [-0.15, -0.1) is 0 Å². The molecule has 0 saturated heterocycles. The number of anilines is 1. The second-order valence-electron chi connectivity index (χ2n) is 5.97. The van der Waals surface area contributed by atoms with Crippen LogP contribution in [0.15, 0.2) is 30.3 Å². The number of amides is 1. The Morgan fingerprint density at radius 1 is 1.20 bits per heavy atom. The fraction of sp³-hybridized carbons (Fsp3) is 0.500. The summed E-state index contributed by atoms with van der Waals surface area (Å²) in [7, 11) is 0. The molecule has 1 aromatic rings. The van der Waals surface area contributed by atoms with Crippen LogP contribution in [0.1, 0.15) is 25.7 Å². The minimum Gasteiger partial charge on any atom is -0.393 e. The molecule has 0 aromatic heterocycles. The van der Waals surface area contributed by atoms with Gasteiger partial charge in [0.25, 0.3) is 0 Å². The largest absolute Gasteiger partial charge is 0.393 e. The molecule has 3 rings (SSSR count). The zero-order valence-corrected chi connectivity index (χ0v) is 12.3. The van der Waals surface area contributed by atoms with Crippen molar-refractivity contribution in [2.45, 2.75) is 25.7 Å². The van der Waals surface area contributed by atoms with Gasteiger partial charge in [-0.2, -0.15) is 0 Å². The van der Waals surface area contributed by atoms with Crippen molar-refractivity contribution in [3.63, 3.8) is 0 Å². The summed E-state index contributed by atoms with van der Waals surface area (Å²) < 4.78 is 0. The molecule has 106 valence electrons. The number of rotatable bonds is 5. The fourth-order valence-electron chi connectivity index (χ4n) is 3.33. The summed E-state index contributed by atoms with van der Waals surface area (Å²) >= 11 is 4.95. The van der Waals surface area contributed by atoms with Crippen molar-refractivity contribution in [2.24, 2.45) is 23.5 Å². The summed E-state index contributed by atoms with van der Waals surface area (Å²) in [6.45, 7) is 0.587. The standard InChI is InChI=1S/C16H20N2OS/c17-15(20)6-7-18(14-4-2-1-3-5-14)16(19)13-9-11-8-12(11)10-13/h1-5,11-13H,6-10H2,(H2,17,20).